The highest BCUT2D eigenvalue weighted by molar-refractivity contribution is 5.81. The SMILES string of the molecule is CC(C)n1ccc2cc(C3CC3)ccc21. The Morgan fingerprint density at radius 1 is 1.20 bits per heavy atom. The molecule has 0 aliphatic heterocycles. The molecule has 0 N–H and O–H groups in total. The molecule has 1 saturated carbocycles. The highest BCUT2D eigenvalue weighted by Gasteiger charge is 2.23. The molecule has 2 aromatic rings. The maximum absolute atomic E-state index is 2.37. The quantitative estimate of drug-likeness (QED) is 0.686. The van der Waals surface area contributed by atoms with Crippen molar-refractivity contribution < 1.29 is 0 Å². The number of aromatic nitrogens is 1. The molecule has 1 aliphatic rings. The van der Waals surface area contributed by atoms with Crippen LogP contribution >= 0.6 is 0 Å². The van der Waals surface area contributed by atoms with Gasteiger partial charge in [-0.05, 0) is 61.8 Å². The van der Waals surface area contributed by atoms with E-state index in [9.17, 15) is 0 Å². The first kappa shape index (κ1) is 9.02. The molecule has 0 amide bonds. The third kappa shape index (κ3) is 1.46. The molecule has 0 spiro atoms. The lowest BCUT2D eigenvalue weighted by molar-refractivity contribution is 0.623. The van der Waals surface area contributed by atoms with Gasteiger partial charge in [-0.25, -0.2) is 0 Å². The number of hydrogen-bond donors (Lipinski definition) is 0. The van der Waals surface area contributed by atoms with Gasteiger partial charge in [0, 0.05) is 17.8 Å². The van der Waals surface area contributed by atoms with Gasteiger partial charge < -0.3 is 4.57 Å². The molecular weight excluding hydrogens is 182 g/mol. The summed E-state index contributed by atoms with van der Waals surface area (Å²) >= 11 is 0. The van der Waals surface area contributed by atoms with Crippen LogP contribution in [-0.2, 0) is 0 Å². The lowest BCUT2D eigenvalue weighted by Gasteiger charge is -2.09. The van der Waals surface area contributed by atoms with E-state index in [1.54, 1.807) is 0 Å². The molecule has 0 bridgehead atoms. The first-order valence-corrected chi connectivity index (χ1v) is 5.86. The lowest BCUT2D eigenvalue weighted by Crippen LogP contribution is -1.97. The molecular formula is C14H17N. The third-order valence-corrected chi connectivity index (χ3v) is 3.35. The molecule has 1 aromatic heterocycles. The Bertz CT molecular complexity index is 489. The van der Waals surface area contributed by atoms with Crippen LogP contribution in [0.25, 0.3) is 10.9 Å². The van der Waals surface area contributed by atoms with E-state index >= 15 is 0 Å². The zero-order valence-electron chi connectivity index (χ0n) is 9.40. The number of fused-ring (bicyclic) bond motifs is 1. The molecule has 15 heavy (non-hydrogen) atoms. The van der Waals surface area contributed by atoms with Crippen LogP contribution in [0.15, 0.2) is 30.5 Å². The van der Waals surface area contributed by atoms with Crippen LogP contribution in [-0.4, -0.2) is 4.57 Å². The van der Waals surface area contributed by atoms with Crippen molar-refractivity contribution in [3.05, 3.63) is 36.0 Å². The topological polar surface area (TPSA) is 4.93 Å². The van der Waals surface area contributed by atoms with Crippen LogP contribution in [0.3, 0.4) is 0 Å². The summed E-state index contributed by atoms with van der Waals surface area (Å²) < 4.78 is 2.34. The normalized spacial score (nSPS) is 16.5. The molecule has 0 saturated heterocycles. The maximum Gasteiger partial charge on any atom is 0.0482 e. The molecule has 78 valence electrons. The Kier molecular flexibility index (Phi) is 1.88. The van der Waals surface area contributed by atoms with Crippen molar-refractivity contribution in [3.63, 3.8) is 0 Å². The fraction of sp³-hybridized carbons (Fsp3) is 0.429. The zero-order chi connectivity index (χ0) is 10.4. The molecule has 0 unspecified atom stereocenters. The summed E-state index contributed by atoms with van der Waals surface area (Å²) in [6.07, 6.45) is 4.97. The Morgan fingerprint density at radius 3 is 2.67 bits per heavy atom. The van der Waals surface area contributed by atoms with Crippen LogP contribution in [0, 0.1) is 0 Å². The first-order valence-electron chi connectivity index (χ1n) is 5.86. The van der Waals surface area contributed by atoms with Gasteiger partial charge in [0.2, 0.25) is 0 Å². The monoisotopic (exact) mass is 199 g/mol. The minimum atomic E-state index is 0.550. The molecule has 3 rings (SSSR count). The summed E-state index contributed by atoms with van der Waals surface area (Å²) in [6.45, 7) is 4.46. The highest BCUT2D eigenvalue weighted by atomic mass is 15.0. The second kappa shape index (κ2) is 3.13. The average molecular weight is 199 g/mol. The van der Waals surface area contributed by atoms with Gasteiger partial charge in [-0.3, -0.25) is 0 Å². The minimum absolute atomic E-state index is 0.550. The highest BCUT2D eigenvalue weighted by Crippen LogP contribution is 2.41. The van der Waals surface area contributed by atoms with Gasteiger partial charge in [0.15, 0.2) is 0 Å². The lowest BCUT2D eigenvalue weighted by atomic mass is 10.1. The van der Waals surface area contributed by atoms with Crippen molar-refractivity contribution in [2.24, 2.45) is 0 Å². The van der Waals surface area contributed by atoms with Gasteiger partial charge in [-0.15, -0.1) is 0 Å². The second-order valence-electron chi connectivity index (χ2n) is 4.91. The van der Waals surface area contributed by atoms with E-state index in [0.29, 0.717) is 6.04 Å². The van der Waals surface area contributed by atoms with E-state index in [-0.39, 0.29) is 0 Å². The Labute approximate surface area is 90.7 Å². The van der Waals surface area contributed by atoms with Crippen LogP contribution in [0.4, 0.5) is 0 Å². The van der Waals surface area contributed by atoms with E-state index in [2.05, 4.69) is 48.9 Å². The van der Waals surface area contributed by atoms with E-state index in [1.165, 1.54) is 29.3 Å². The van der Waals surface area contributed by atoms with Crippen molar-refractivity contribution in [2.45, 2.75) is 38.6 Å². The van der Waals surface area contributed by atoms with Crippen molar-refractivity contribution >= 4 is 10.9 Å². The van der Waals surface area contributed by atoms with Crippen molar-refractivity contribution in [1.29, 1.82) is 0 Å². The summed E-state index contributed by atoms with van der Waals surface area (Å²) in [5.41, 5.74) is 2.90. The molecule has 1 heteroatoms. The summed E-state index contributed by atoms with van der Waals surface area (Å²) in [7, 11) is 0. The van der Waals surface area contributed by atoms with Crippen molar-refractivity contribution in [2.75, 3.05) is 0 Å². The summed E-state index contributed by atoms with van der Waals surface area (Å²) in [5, 5.41) is 1.40. The maximum atomic E-state index is 2.37. The molecule has 1 aliphatic carbocycles. The Morgan fingerprint density at radius 2 is 2.00 bits per heavy atom. The molecule has 0 radical (unpaired) electrons. The van der Waals surface area contributed by atoms with Crippen LogP contribution < -0.4 is 0 Å². The average Bonchev–Trinajstić information content (AvgIpc) is 2.97. The fourth-order valence-corrected chi connectivity index (χ4v) is 2.30. The van der Waals surface area contributed by atoms with E-state index in [1.807, 2.05) is 0 Å². The van der Waals surface area contributed by atoms with Crippen LogP contribution in [0.2, 0.25) is 0 Å². The first-order chi connectivity index (χ1) is 7.25. The van der Waals surface area contributed by atoms with Crippen molar-refractivity contribution in [3.8, 4) is 0 Å². The second-order valence-corrected chi connectivity index (χ2v) is 4.91. The molecule has 0 atom stereocenters. The van der Waals surface area contributed by atoms with Gasteiger partial charge in [0.05, 0.1) is 0 Å². The largest absolute Gasteiger partial charge is 0.345 e. The van der Waals surface area contributed by atoms with Gasteiger partial charge in [-0.1, -0.05) is 6.07 Å². The van der Waals surface area contributed by atoms with Crippen LogP contribution in [0.5, 0.6) is 0 Å². The summed E-state index contributed by atoms with van der Waals surface area (Å²) in [5.74, 6) is 0.858. The van der Waals surface area contributed by atoms with Crippen molar-refractivity contribution in [1.82, 2.24) is 4.57 Å². The number of hydrogen-bond acceptors (Lipinski definition) is 0. The smallest absolute Gasteiger partial charge is 0.0482 e. The molecule has 1 fully saturated rings. The van der Waals surface area contributed by atoms with E-state index in [0.717, 1.165) is 5.92 Å². The van der Waals surface area contributed by atoms with E-state index in [4.69, 9.17) is 0 Å². The number of benzene rings is 1. The molecule has 1 aromatic carbocycles. The number of nitrogens with zero attached hydrogens (tertiary/aromatic N) is 1. The van der Waals surface area contributed by atoms with Gasteiger partial charge in [-0.2, -0.15) is 0 Å². The molecule has 1 nitrogen and oxygen atoms in total. The minimum Gasteiger partial charge on any atom is -0.345 e. The standard InChI is InChI=1S/C14H17N/c1-10(2)15-8-7-13-9-12(11-3-4-11)5-6-14(13)15/h5-11H,3-4H2,1-2H3. The zero-order valence-corrected chi connectivity index (χ0v) is 9.40. The predicted molar refractivity (Wildman–Crippen MR) is 64.3 cm³/mol. The molecule has 1 heterocycles. The Hall–Kier alpha value is -1.24. The predicted octanol–water partition coefficient (Wildman–Crippen LogP) is 4.10. The fourth-order valence-electron chi connectivity index (χ4n) is 2.30. The summed E-state index contributed by atoms with van der Waals surface area (Å²) in [4.78, 5) is 0. The summed E-state index contributed by atoms with van der Waals surface area (Å²) in [6, 6.07) is 9.74. The number of rotatable bonds is 2. The van der Waals surface area contributed by atoms with Gasteiger partial charge in [0.1, 0.15) is 0 Å². The van der Waals surface area contributed by atoms with Crippen LogP contribution in [0.1, 0.15) is 44.2 Å². The van der Waals surface area contributed by atoms with Gasteiger partial charge in [0.25, 0.3) is 0 Å². The Balaban J connectivity index is 2.13. The van der Waals surface area contributed by atoms with E-state index < -0.39 is 0 Å². The van der Waals surface area contributed by atoms with Gasteiger partial charge >= 0.3 is 0 Å². The third-order valence-electron chi connectivity index (χ3n) is 3.35.